The number of phenols is 1. The van der Waals surface area contributed by atoms with Gasteiger partial charge in [0.25, 0.3) is 0 Å². The van der Waals surface area contributed by atoms with Crippen LogP contribution in [0, 0.1) is 0 Å². The Balaban J connectivity index is 1.99. The lowest BCUT2D eigenvalue weighted by Gasteiger charge is -2.20. The highest BCUT2D eigenvalue weighted by molar-refractivity contribution is 5.56. The number of benzene rings is 2. The average Bonchev–Trinajstić information content (AvgIpc) is 2.38. The Morgan fingerprint density at radius 1 is 0.941 bits per heavy atom. The van der Waals surface area contributed by atoms with Gasteiger partial charge in [-0.3, -0.25) is 0 Å². The van der Waals surface area contributed by atoms with E-state index >= 15 is 0 Å². The van der Waals surface area contributed by atoms with Crippen molar-refractivity contribution in [2.24, 2.45) is 0 Å². The summed E-state index contributed by atoms with van der Waals surface area (Å²) in [5, 5.41) is 9.74. The third-order valence-corrected chi connectivity index (χ3v) is 2.87. The Hall–Kier alpha value is -1.96. The quantitative estimate of drug-likeness (QED) is 0.867. The standard InChI is InChI=1S/C15H17NO/c1-16(14-9-5-6-10-15(14)17)12-11-13-7-3-2-4-8-13/h2-10,17H,11-12H2,1H3. The largest absolute Gasteiger partial charge is 0.506 e. The molecule has 17 heavy (non-hydrogen) atoms. The van der Waals surface area contributed by atoms with E-state index in [1.54, 1.807) is 6.07 Å². The maximum atomic E-state index is 9.74. The smallest absolute Gasteiger partial charge is 0.138 e. The molecule has 0 saturated heterocycles. The minimum atomic E-state index is 0.336. The Morgan fingerprint density at radius 2 is 1.59 bits per heavy atom. The third-order valence-electron chi connectivity index (χ3n) is 2.87. The molecule has 0 aromatic heterocycles. The van der Waals surface area contributed by atoms with E-state index in [4.69, 9.17) is 0 Å². The first-order chi connectivity index (χ1) is 8.27. The van der Waals surface area contributed by atoms with Crippen LogP contribution in [0.1, 0.15) is 5.56 Å². The highest BCUT2D eigenvalue weighted by atomic mass is 16.3. The first kappa shape index (κ1) is 11.5. The van der Waals surface area contributed by atoms with Gasteiger partial charge in [0, 0.05) is 13.6 Å². The van der Waals surface area contributed by atoms with Crippen LogP contribution >= 0.6 is 0 Å². The van der Waals surface area contributed by atoms with Gasteiger partial charge in [0.1, 0.15) is 5.75 Å². The first-order valence-electron chi connectivity index (χ1n) is 5.80. The van der Waals surface area contributed by atoms with E-state index in [1.807, 2.05) is 31.3 Å². The van der Waals surface area contributed by atoms with E-state index in [0.717, 1.165) is 18.7 Å². The number of aromatic hydroxyl groups is 1. The summed E-state index contributed by atoms with van der Waals surface area (Å²) in [6.07, 6.45) is 0.978. The molecule has 0 bridgehead atoms. The van der Waals surface area contributed by atoms with Crippen molar-refractivity contribution < 1.29 is 5.11 Å². The number of anilines is 1. The molecule has 0 atom stereocenters. The van der Waals surface area contributed by atoms with Crippen LogP contribution in [0.4, 0.5) is 5.69 Å². The Kier molecular flexibility index (Phi) is 3.66. The zero-order chi connectivity index (χ0) is 12.1. The second-order valence-corrected chi connectivity index (χ2v) is 4.15. The van der Waals surface area contributed by atoms with Crippen LogP contribution in [0.25, 0.3) is 0 Å². The number of phenolic OH excluding ortho intramolecular Hbond substituents is 1. The number of hydrogen-bond acceptors (Lipinski definition) is 2. The Morgan fingerprint density at radius 3 is 2.29 bits per heavy atom. The summed E-state index contributed by atoms with van der Waals surface area (Å²) in [6, 6.07) is 17.8. The minimum absolute atomic E-state index is 0.336. The van der Waals surface area contributed by atoms with E-state index in [9.17, 15) is 5.11 Å². The first-order valence-corrected chi connectivity index (χ1v) is 5.80. The molecule has 2 nitrogen and oxygen atoms in total. The molecule has 2 rings (SSSR count). The van der Waals surface area contributed by atoms with E-state index in [0.29, 0.717) is 5.75 Å². The van der Waals surface area contributed by atoms with Crippen molar-refractivity contribution in [2.75, 3.05) is 18.5 Å². The molecule has 0 aliphatic carbocycles. The third kappa shape index (κ3) is 3.00. The molecule has 0 saturated carbocycles. The van der Waals surface area contributed by atoms with Crippen LogP contribution < -0.4 is 4.90 Å². The number of para-hydroxylation sites is 2. The van der Waals surface area contributed by atoms with Crippen molar-refractivity contribution in [3.63, 3.8) is 0 Å². The van der Waals surface area contributed by atoms with Gasteiger partial charge >= 0.3 is 0 Å². The van der Waals surface area contributed by atoms with Crippen LogP contribution in [0.2, 0.25) is 0 Å². The zero-order valence-corrected chi connectivity index (χ0v) is 10.0. The van der Waals surface area contributed by atoms with Crippen molar-refractivity contribution in [2.45, 2.75) is 6.42 Å². The summed E-state index contributed by atoms with van der Waals surface area (Å²) in [7, 11) is 2.00. The highest BCUT2D eigenvalue weighted by Crippen LogP contribution is 2.25. The molecule has 0 radical (unpaired) electrons. The predicted octanol–water partition coefficient (Wildman–Crippen LogP) is 3.07. The molecular weight excluding hydrogens is 210 g/mol. The lowest BCUT2D eigenvalue weighted by molar-refractivity contribution is 0.475. The van der Waals surface area contributed by atoms with Crippen LogP contribution in [0.5, 0.6) is 5.75 Å². The molecule has 2 heteroatoms. The fraction of sp³-hybridized carbons (Fsp3) is 0.200. The van der Waals surface area contributed by atoms with Gasteiger partial charge < -0.3 is 10.0 Å². The molecule has 0 heterocycles. The van der Waals surface area contributed by atoms with Crippen molar-refractivity contribution in [3.05, 3.63) is 60.2 Å². The molecule has 0 unspecified atom stereocenters. The summed E-state index contributed by atoms with van der Waals surface area (Å²) in [6.45, 7) is 0.890. The van der Waals surface area contributed by atoms with Gasteiger partial charge in [-0.05, 0) is 24.1 Å². The maximum absolute atomic E-state index is 9.74. The summed E-state index contributed by atoms with van der Waals surface area (Å²) in [5.41, 5.74) is 2.19. The number of rotatable bonds is 4. The van der Waals surface area contributed by atoms with Crippen LogP contribution in [0.15, 0.2) is 54.6 Å². The maximum Gasteiger partial charge on any atom is 0.138 e. The molecule has 0 aliphatic rings. The van der Waals surface area contributed by atoms with Crippen molar-refractivity contribution in [1.82, 2.24) is 0 Å². The van der Waals surface area contributed by atoms with Gasteiger partial charge in [0.15, 0.2) is 0 Å². The van der Waals surface area contributed by atoms with Gasteiger partial charge in [0.05, 0.1) is 5.69 Å². The molecule has 2 aromatic carbocycles. The van der Waals surface area contributed by atoms with E-state index in [1.165, 1.54) is 5.56 Å². The minimum Gasteiger partial charge on any atom is -0.506 e. The lowest BCUT2D eigenvalue weighted by atomic mass is 10.1. The van der Waals surface area contributed by atoms with E-state index < -0.39 is 0 Å². The summed E-state index contributed by atoms with van der Waals surface area (Å²) >= 11 is 0. The van der Waals surface area contributed by atoms with E-state index in [2.05, 4.69) is 29.2 Å². The fourth-order valence-corrected chi connectivity index (χ4v) is 1.85. The monoisotopic (exact) mass is 227 g/mol. The van der Waals surface area contributed by atoms with Crippen LogP contribution in [0.3, 0.4) is 0 Å². The van der Waals surface area contributed by atoms with Crippen molar-refractivity contribution in [1.29, 1.82) is 0 Å². The van der Waals surface area contributed by atoms with Crippen molar-refractivity contribution in [3.8, 4) is 5.75 Å². The number of hydrogen-bond donors (Lipinski definition) is 1. The molecular formula is C15H17NO. The molecule has 0 amide bonds. The van der Waals surface area contributed by atoms with Gasteiger partial charge in [-0.25, -0.2) is 0 Å². The van der Waals surface area contributed by atoms with Gasteiger partial charge in [-0.2, -0.15) is 0 Å². The lowest BCUT2D eigenvalue weighted by Crippen LogP contribution is -2.20. The average molecular weight is 227 g/mol. The number of likely N-dealkylation sites (N-methyl/N-ethyl adjacent to an activating group) is 1. The Bertz CT molecular complexity index is 467. The van der Waals surface area contributed by atoms with Gasteiger partial charge in [0.2, 0.25) is 0 Å². The van der Waals surface area contributed by atoms with E-state index in [-0.39, 0.29) is 0 Å². The second kappa shape index (κ2) is 5.39. The Labute approximate surface area is 102 Å². The SMILES string of the molecule is CN(CCc1ccccc1)c1ccccc1O. The zero-order valence-electron chi connectivity index (χ0n) is 10.0. The molecule has 2 aromatic rings. The molecule has 88 valence electrons. The normalized spacial score (nSPS) is 10.2. The summed E-state index contributed by atoms with van der Waals surface area (Å²) in [4.78, 5) is 2.07. The van der Waals surface area contributed by atoms with Crippen LogP contribution in [-0.2, 0) is 6.42 Å². The van der Waals surface area contributed by atoms with Gasteiger partial charge in [-0.1, -0.05) is 42.5 Å². The summed E-state index contributed by atoms with van der Waals surface area (Å²) < 4.78 is 0. The van der Waals surface area contributed by atoms with Crippen molar-refractivity contribution >= 4 is 5.69 Å². The summed E-state index contributed by atoms with van der Waals surface area (Å²) in [5.74, 6) is 0.336. The topological polar surface area (TPSA) is 23.5 Å². The van der Waals surface area contributed by atoms with Crippen LogP contribution in [-0.4, -0.2) is 18.7 Å². The molecule has 1 N–H and O–H groups in total. The molecule has 0 spiro atoms. The van der Waals surface area contributed by atoms with Gasteiger partial charge in [-0.15, -0.1) is 0 Å². The molecule has 0 aliphatic heterocycles. The fourth-order valence-electron chi connectivity index (χ4n) is 1.85. The number of nitrogens with zero attached hydrogens (tertiary/aromatic N) is 1. The highest BCUT2D eigenvalue weighted by Gasteiger charge is 2.05. The predicted molar refractivity (Wildman–Crippen MR) is 71.5 cm³/mol. The second-order valence-electron chi connectivity index (χ2n) is 4.15. The molecule has 0 fully saturated rings.